The Balaban J connectivity index is 2.37. The second-order valence-electron chi connectivity index (χ2n) is 4.39. The van der Waals surface area contributed by atoms with Crippen LogP contribution in [0.4, 0.5) is 0 Å². The van der Waals surface area contributed by atoms with Gasteiger partial charge in [-0.1, -0.05) is 41.9 Å². The van der Waals surface area contributed by atoms with E-state index in [9.17, 15) is 4.79 Å². The molecule has 0 saturated heterocycles. The van der Waals surface area contributed by atoms with Crippen LogP contribution in [0.15, 0.2) is 57.7 Å². The zero-order valence-electron chi connectivity index (χ0n) is 10.3. The molecule has 3 rings (SSSR count). The first-order chi connectivity index (χ1) is 9.16. The maximum absolute atomic E-state index is 12.4. The normalized spacial score (nSPS) is 10.8. The van der Waals surface area contributed by atoms with Crippen molar-refractivity contribution in [2.45, 2.75) is 6.92 Å². The van der Waals surface area contributed by atoms with Crippen LogP contribution in [0.25, 0.3) is 22.3 Å². The third kappa shape index (κ3) is 2.04. The Hall–Kier alpha value is -2.06. The summed E-state index contributed by atoms with van der Waals surface area (Å²) < 4.78 is 5.86. The molecule has 19 heavy (non-hydrogen) atoms. The molecule has 94 valence electrons. The van der Waals surface area contributed by atoms with Crippen LogP contribution in [0, 0.1) is 6.92 Å². The van der Waals surface area contributed by atoms with E-state index in [0.717, 1.165) is 5.56 Å². The van der Waals surface area contributed by atoms with E-state index in [4.69, 9.17) is 16.0 Å². The minimum Gasteiger partial charge on any atom is -0.456 e. The maximum Gasteiger partial charge on any atom is 0.196 e. The largest absolute Gasteiger partial charge is 0.456 e. The molecule has 0 aliphatic rings. The number of benzene rings is 2. The van der Waals surface area contributed by atoms with E-state index >= 15 is 0 Å². The van der Waals surface area contributed by atoms with Gasteiger partial charge >= 0.3 is 0 Å². The molecule has 2 nitrogen and oxygen atoms in total. The Labute approximate surface area is 115 Å². The third-order valence-corrected chi connectivity index (χ3v) is 3.35. The van der Waals surface area contributed by atoms with Crippen LogP contribution >= 0.6 is 11.6 Å². The Morgan fingerprint density at radius 3 is 2.53 bits per heavy atom. The van der Waals surface area contributed by atoms with Crippen LogP contribution in [0.5, 0.6) is 0 Å². The van der Waals surface area contributed by atoms with E-state index in [2.05, 4.69) is 0 Å². The van der Waals surface area contributed by atoms with E-state index in [1.807, 2.05) is 30.3 Å². The molecular formula is C16H11ClO2. The zero-order valence-corrected chi connectivity index (χ0v) is 11.1. The molecule has 0 bridgehead atoms. The number of rotatable bonds is 1. The molecule has 0 N–H and O–H groups in total. The summed E-state index contributed by atoms with van der Waals surface area (Å²) in [5.74, 6) is 0.612. The van der Waals surface area contributed by atoms with Gasteiger partial charge in [0.25, 0.3) is 0 Å². The zero-order chi connectivity index (χ0) is 13.4. The molecule has 2 aromatic carbocycles. The molecule has 1 heterocycles. The van der Waals surface area contributed by atoms with Crippen LogP contribution in [0.1, 0.15) is 5.56 Å². The number of halogens is 1. The van der Waals surface area contributed by atoms with E-state index in [1.165, 1.54) is 0 Å². The highest BCUT2D eigenvalue weighted by molar-refractivity contribution is 6.31. The minimum atomic E-state index is -0.0393. The summed E-state index contributed by atoms with van der Waals surface area (Å²) in [6, 6.07) is 14.7. The van der Waals surface area contributed by atoms with Crippen molar-refractivity contribution < 1.29 is 4.42 Å². The smallest absolute Gasteiger partial charge is 0.196 e. The minimum absolute atomic E-state index is 0.0393. The predicted molar refractivity (Wildman–Crippen MR) is 77.7 cm³/mol. The quantitative estimate of drug-likeness (QED) is 0.655. The van der Waals surface area contributed by atoms with Crippen LogP contribution in [-0.4, -0.2) is 0 Å². The van der Waals surface area contributed by atoms with Crippen molar-refractivity contribution in [2.75, 3.05) is 0 Å². The van der Waals surface area contributed by atoms with Gasteiger partial charge in [-0.25, -0.2) is 0 Å². The van der Waals surface area contributed by atoms with Crippen molar-refractivity contribution in [3.8, 4) is 11.3 Å². The van der Waals surface area contributed by atoms with E-state index in [1.54, 1.807) is 25.1 Å². The summed E-state index contributed by atoms with van der Waals surface area (Å²) in [6.07, 6.45) is 0. The SMILES string of the molecule is Cc1c(-c2ccccc2)oc2ccc(Cl)cc2c1=O. The fourth-order valence-electron chi connectivity index (χ4n) is 2.13. The molecule has 0 atom stereocenters. The highest BCUT2D eigenvalue weighted by atomic mass is 35.5. The van der Waals surface area contributed by atoms with Crippen LogP contribution < -0.4 is 5.43 Å². The molecule has 0 saturated carbocycles. The van der Waals surface area contributed by atoms with Gasteiger partial charge in [-0.2, -0.15) is 0 Å². The number of hydrogen-bond donors (Lipinski definition) is 0. The number of hydrogen-bond acceptors (Lipinski definition) is 2. The van der Waals surface area contributed by atoms with Crippen molar-refractivity contribution >= 4 is 22.6 Å². The van der Waals surface area contributed by atoms with Crippen LogP contribution in [0.2, 0.25) is 5.02 Å². The lowest BCUT2D eigenvalue weighted by molar-refractivity contribution is 0.614. The van der Waals surface area contributed by atoms with Gasteiger partial charge in [-0.05, 0) is 25.1 Å². The molecule has 3 heteroatoms. The van der Waals surface area contributed by atoms with E-state index < -0.39 is 0 Å². The second kappa shape index (κ2) is 4.56. The summed E-state index contributed by atoms with van der Waals surface area (Å²) >= 11 is 5.92. The second-order valence-corrected chi connectivity index (χ2v) is 4.83. The fourth-order valence-corrected chi connectivity index (χ4v) is 2.30. The molecular weight excluding hydrogens is 260 g/mol. The standard InChI is InChI=1S/C16H11ClO2/c1-10-15(18)13-9-12(17)7-8-14(13)19-16(10)11-5-3-2-4-6-11/h2-9H,1H3. The van der Waals surface area contributed by atoms with Crippen LogP contribution in [0.3, 0.4) is 0 Å². The van der Waals surface area contributed by atoms with E-state index in [-0.39, 0.29) is 5.43 Å². The van der Waals surface area contributed by atoms with Crippen molar-refractivity contribution in [1.82, 2.24) is 0 Å². The Bertz CT molecular complexity index is 804. The monoisotopic (exact) mass is 270 g/mol. The van der Waals surface area contributed by atoms with Gasteiger partial charge in [-0.15, -0.1) is 0 Å². The lowest BCUT2D eigenvalue weighted by atomic mass is 10.1. The maximum atomic E-state index is 12.4. The molecule has 0 aliphatic carbocycles. The molecule has 0 amide bonds. The van der Waals surface area contributed by atoms with Crippen LogP contribution in [-0.2, 0) is 0 Å². The summed E-state index contributed by atoms with van der Waals surface area (Å²) in [6.45, 7) is 1.77. The summed E-state index contributed by atoms with van der Waals surface area (Å²) in [5, 5.41) is 1.05. The molecule has 0 radical (unpaired) electrons. The average molecular weight is 271 g/mol. The van der Waals surface area contributed by atoms with Gasteiger partial charge in [-0.3, -0.25) is 4.79 Å². The van der Waals surface area contributed by atoms with Gasteiger partial charge in [0.2, 0.25) is 0 Å². The highest BCUT2D eigenvalue weighted by Crippen LogP contribution is 2.26. The summed E-state index contributed by atoms with van der Waals surface area (Å²) in [4.78, 5) is 12.4. The first-order valence-corrected chi connectivity index (χ1v) is 6.33. The first kappa shape index (κ1) is 12.0. The Morgan fingerprint density at radius 2 is 1.79 bits per heavy atom. The van der Waals surface area contributed by atoms with Gasteiger partial charge in [0.15, 0.2) is 5.43 Å². The molecule has 0 spiro atoms. The topological polar surface area (TPSA) is 30.2 Å². The fraction of sp³-hybridized carbons (Fsp3) is 0.0625. The molecule has 0 aliphatic heterocycles. The lowest BCUT2D eigenvalue weighted by Gasteiger charge is -2.07. The van der Waals surface area contributed by atoms with E-state index in [0.29, 0.717) is 27.3 Å². The Kier molecular flexibility index (Phi) is 2.88. The lowest BCUT2D eigenvalue weighted by Crippen LogP contribution is -2.07. The highest BCUT2D eigenvalue weighted by Gasteiger charge is 2.12. The van der Waals surface area contributed by atoms with Crippen molar-refractivity contribution in [3.05, 3.63) is 69.3 Å². The van der Waals surface area contributed by atoms with Gasteiger partial charge in [0.1, 0.15) is 11.3 Å². The average Bonchev–Trinajstić information content (AvgIpc) is 2.44. The van der Waals surface area contributed by atoms with Crippen molar-refractivity contribution in [2.24, 2.45) is 0 Å². The molecule has 0 unspecified atom stereocenters. The van der Waals surface area contributed by atoms with Crippen molar-refractivity contribution in [3.63, 3.8) is 0 Å². The molecule has 3 aromatic rings. The Morgan fingerprint density at radius 1 is 1.05 bits per heavy atom. The van der Waals surface area contributed by atoms with Gasteiger partial charge in [0, 0.05) is 16.1 Å². The molecule has 0 fully saturated rings. The summed E-state index contributed by atoms with van der Waals surface area (Å²) in [5.41, 5.74) is 2.01. The van der Waals surface area contributed by atoms with Gasteiger partial charge < -0.3 is 4.42 Å². The third-order valence-electron chi connectivity index (χ3n) is 3.12. The summed E-state index contributed by atoms with van der Waals surface area (Å²) in [7, 11) is 0. The number of fused-ring (bicyclic) bond motifs is 1. The molecule has 1 aromatic heterocycles. The predicted octanol–water partition coefficient (Wildman–Crippen LogP) is 4.42. The van der Waals surface area contributed by atoms with Gasteiger partial charge in [0.05, 0.1) is 5.39 Å². The van der Waals surface area contributed by atoms with Crippen molar-refractivity contribution in [1.29, 1.82) is 0 Å². The first-order valence-electron chi connectivity index (χ1n) is 5.95.